The van der Waals surface area contributed by atoms with Crippen molar-refractivity contribution in [3.63, 3.8) is 0 Å². The number of ether oxygens (including phenoxy) is 1. The summed E-state index contributed by atoms with van der Waals surface area (Å²) in [5.41, 5.74) is 1.20. The van der Waals surface area contributed by atoms with E-state index in [4.69, 9.17) is 9.73 Å². The number of rotatable bonds is 5. The highest BCUT2D eigenvalue weighted by atomic mass is 16.5. The highest BCUT2D eigenvalue weighted by Gasteiger charge is 2.43. The third kappa shape index (κ3) is 5.32. The fraction of sp³-hybridized carbons (Fsp3) is 0.667. The predicted octanol–water partition coefficient (Wildman–Crippen LogP) is 2.54. The quantitative estimate of drug-likeness (QED) is 0.558. The number of benzene rings is 1. The van der Waals surface area contributed by atoms with Crippen LogP contribution in [0.2, 0.25) is 0 Å². The molecule has 0 bridgehead atoms. The van der Waals surface area contributed by atoms with Crippen molar-refractivity contribution in [1.82, 2.24) is 20.4 Å². The van der Waals surface area contributed by atoms with Crippen LogP contribution in [0.4, 0.5) is 0 Å². The molecule has 2 N–H and O–H groups in total. The summed E-state index contributed by atoms with van der Waals surface area (Å²) in [4.78, 5) is 20.7. The van der Waals surface area contributed by atoms with Gasteiger partial charge in [-0.2, -0.15) is 0 Å². The normalized spacial score (nSPS) is 23.4. The van der Waals surface area contributed by atoms with Crippen LogP contribution in [0.25, 0.3) is 0 Å². The lowest BCUT2D eigenvalue weighted by Gasteiger charge is -2.40. The standard InChI is InChI=1S/C24H37N5O2/c1-3-25-23(26-12-13-28-14-16-29(17-15-28)19(2)30)27-21-18-24(10-6-7-11-24)31-22-9-5-4-8-20(21)22/h4-5,8-9,21H,3,6-7,10-18H2,1-2H3,(H2,25,26,27). The maximum Gasteiger partial charge on any atom is 0.219 e. The fourth-order valence-electron chi connectivity index (χ4n) is 5.15. The number of guanidine groups is 1. The second-order valence-corrected chi connectivity index (χ2v) is 9.04. The van der Waals surface area contributed by atoms with E-state index in [-0.39, 0.29) is 17.6 Å². The Balaban J connectivity index is 1.38. The molecule has 170 valence electrons. The molecular weight excluding hydrogens is 390 g/mol. The van der Waals surface area contributed by atoms with Crippen LogP contribution in [0, 0.1) is 0 Å². The number of nitrogens with zero attached hydrogens (tertiary/aromatic N) is 3. The summed E-state index contributed by atoms with van der Waals surface area (Å²) in [6.07, 6.45) is 5.76. The zero-order valence-electron chi connectivity index (χ0n) is 19.0. The Labute approximate surface area is 186 Å². The first-order valence-corrected chi connectivity index (χ1v) is 11.9. The Kier molecular flexibility index (Phi) is 7.00. The van der Waals surface area contributed by atoms with Gasteiger partial charge in [-0.25, -0.2) is 0 Å². The molecule has 1 amide bonds. The average molecular weight is 428 g/mol. The molecule has 2 aliphatic heterocycles. The SMILES string of the molecule is CCNC(=NCCN1CCN(C(C)=O)CC1)NC1CC2(CCCC2)Oc2ccccc21. The van der Waals surface area contributed by atoms with E-state index in [1.807, 2.05) is 4.90 Å². The summed E-state index contributed by atoms with van der Waals surface area (Å²) in [5.74, 6) is 2.07. The molecule has 1 aromatic carbocycles. The van der Waals surface area contributed by atoms with Gasteiger partial charge in [0, 0.05) is 58.2 Å². The van der Waals surface area contributed by atoms with Crippen molar-refractivity contribution in [2.24, 2.45) is 4.99 Å². The molecule has 1 aliphatic carbocycles. The topological polar surface area (TPSA) is 69.2 Å². The molecule has 7 nitrogen and oxygen atoms in total. The van der Waals surface area contributed by atoms with Crippen molar-refractivity contribution in [1.29, 1.82) is 0 Å². The molecular formula is C24H37N5O2. The van der Waals surface area contributed by atoms with Crippen LogP contribution in [0.15, 0.2) is 29.3 Å². The molecule has 2 fully saturated rings. The van der Waals surface area contributed by atoms with E-state index in [2.05, 4.69) is 46.7 Å². The van der Waals surface area contributed by atoms with E-state index in [0.717, 1.165) is 76.8 Å². The van der Waals surface area contributed by atoms with Gasteiger partial charge >= 0.3 is 0 Å². The van der Waals surface area contributed by atoms with E-state index >= 15 is 0 Å². The molecule has 7 heteroatoms. The minimum absolute atomic E-state index is 0.0280. The minimum Gasteiger partial charge on any atom is -0.487 e. The van der Waals surface area contributed by atoms with E-state index in [1.54, 1.807) is 6.92 Å². The maximum absolute atomic E-state index is 11.5. The van der Waals surface area contributed by atoms with E-state index in [9.17, 15) is 4.79 Å². The van der Waals surface area contributed by atoms with Gasteiger partial charge in [-0.05, 0) is 38.7 Å². The summed E-state index contributed by atoms with van der Waals surface area (Å²) in [6, 6.07) is 8.64. The highest BCUT2D eigenvalue weighted by molar-refractivity contribution is 5.80. The molecule has 1 aromatic rings. The highest BCUT2D eigenvalue weighted by Crippen LogP contribution is 2.46. The zero-order chi connectivity index (χ0) is 21.7. The van der Waals surface area contributed by atoms with Crippen molar-refractivity contribution in [3.8, 4) is 5.75 Å². The van der Waals surface area contributed by atoms with Crippen LogP contribution in [-0.2, 0) is 4.79 Å². The predicted molar refractivity (Wildman–Crippen MR) is 123 cm³/mol. The smallest absolute Gasteiger partial charge is 0.219 e. The number of carbonyl (C=O) groups excluding carboxylic acids is 1. The maximum atomic E-state index is 11.5. The number of hydrogen-bond acceptors (Lipinski definition) is 4. The lowest BCUT2D eigenvalue weighted by molar-refractivity contribution is -0.130. The molecule has 2 heterocycles. The second kappa shape index (κ2) is 9.90. The Hall–Kier alpha value is -2.28. The number of aliphatic imine (C=N–C) groups is 1. The molecule has 31 heavy (non-hydrogen) atoms. The van der Waals surface area contributed by atoms with E-state index in [0.29, 0.717) is 0 Å². The summed E-state index contributed by atoms with van der Waals surface area (Å²) >= 11 is 0. The number of nitrogens with one attached hydrogen (secondary N) is 2. The monoisotopic (exact) mass is 427 g/mol. The van der Waals surface area contributed by atoms with Crippen molar-refractivity contribution in [2.45, 2.75) is 57.6 Å². The number of para-hydroxylation sites is 1. The Morgan fingerprint density at radius 3 is 2.65 bits per heavy atom. The molecule has 0 radical (unpaired) electrons. The largest absolute Gasteiger partial charge is 0.487 e. The van der Waals surface area contributed by atoms with Gasteiger partial charge in [0.1, 0.15) is 11.4 Å². The summed E-state index contributed by atoms with van der Waals surface area (Å²) in [5, 5.41) is 7.14. The van der Waals surface area contributed by atoms with Crippen molar-refractivity contribution in [3.05, 3.63) is 29.8 Å². The third-order valence-corrected chi connectivity index (χ3v) is 6.87. The van der Waals surface area contributed by atoms with Gasteiger partial charge < -0.3 is 20.3 Å². The third-order valence-electron chi connectivity index (χ3n) is 6.87. The number of hydrogen-bond donors (Lipinski definition) is 2. The van der Waals surface area contributed by atoms with E-state index < -0.39 is 0 Å². The Morgan fingerprint density at radius 2 is 1.94 bits per heavy atom. The molecule has 1 saturated heterocycles. The minimum atomic E-state index is -0.0280. The second-order valence-electron chi connectivity index (χ2n) is 9.04. The van der Waals surface area contributed by atoms with Gasteiger partial charge in [-0.3, -0.25) is 14.7 Å². The Morgan fingerprint density at radius 1 is 1.19 bits per heavy atom. The molecule has 1 unspecified atom stereocenters. The summed E-state index contributed by atoms with van der Waals surface area (Å²) in [6.45, 7) is 9.73. The lowest BCUT2D eigenvalue weighted by Crippen LogP contribution is -2.49. The number of carbonyl (C=O) groups is 1. The molecule has 0 aromatic heterocycles. The van der Waals surface area contributed by atoms with Crippen LogP contribution in [-0.4, -0.2) is 73.1 Å². The van der Waals surface area contributed by atoms with Gasteiger partial charge in [-0.1, -0.05) is 18.2 Å². The Bertz CT molecular complexity index is 782. The van der Waals surface area contributed by atoms with Crippen LogP contribution in [0.5, 0.6) is 5.75 Å². The molecule has 3 aliphatic rings. The van der Waals surface area contributed by atoms with Crippen LogP contribution in [0.3, 0.4) is 0 Å². The van der Waals surface area contributed by atoms with Gasteiger partial charge in [0.2, 0.25) is 5.91 Å². The van der Waals surface area contributed by atoms with Crippen molar-refractivity contribution >= 4 is 11.9 Å². The van der Waals surface area contributed by atoms with Gasteiger partial charge in [0.05, 0.1) is 12.6 Å². The first kappa shape index (κ1) is 21.9. The fourth-order valence-corrected chi connectivity index (χ4v) is 5.15. The molecule has 1 saturated carbocycles. The molecule has 1 atom stereocenters. The van der Waals surface area contributed by atoms with Crippen LogP contribution >= 0.6 is 0 Å². The number of piperazine rings is 1. The van der Waals surface area contributed by atoms with Gasteiger partial charge in [0.15, 0.2) is 5.96 Å². The summed E-state index contributed by atoms with van der Waals surface area (Å²) in [7, 11) is 0. The lowest BCUT2D eigenvalue weighted by atomic mass is 9.86. The van der Waals surface area contributed by atoms with Gasteiger partial charge in [-0.15, -0.1) is 0 Å². The van der Waals surface area contributed by atoms with Crippen molar-refractivity contribution < 1.29 is 9.53 Å². The number of fused-ring (bicyclic) bond motifs is 1. The average Bonchev–Trinajstić information content (AvgIpc) is 3.21. The zero-order valence-corrected chi connectivity index (χ0v) is 19.0. The number of amides is 1. The van der Waals surface area contributed by atoms with Crippen LogP contribution in [0.1, 0.15) is 57.6 Å². The van der Waals surface area contributed by atoms with E-state index in [1.165, 1.54) is 18.4 Å². The molecule has 4 rings (SSSR count). The van der Waals surface area contributed by atoms with Crippen LogP contribution < -0.4 is 15.4 Å². The molecule has 1 spiro atoms. The van der Waals surface area contributed by atoms with Crippen molar-refractivity contribution in [2.75, 3.05) is 45.8 Å². The first-order chi connectivity index (χ1) is 15.1. The summed E-state index contributed by atoms with van der Waals surface area (Å²) < 4.78 is 6.50. The first-order valence-electron chi connectivity index (χ1n) is 11.9. The van der Waals surface area contributed by atoms with Gasteiger partial charge in [0.25, 0.3) is 0 Å².